The number of thiazole rings is 1. The first-order valence-corrected chi connectivity index (χ1v) is 12.7. The summed E-state index contributed by atoms with van der Waals surface area (Å²) in [4.78, 5) is 31.9. The molecule has 2 aromatic carbocycles. The highest BCUT2D eigenvalue weighted by atomic mass is 32.1. The minimum atomic E-state index is -0.611. The van der Waals surface area contributed by atoms with Gasteiger partial charge in [0, 0.05) is 5.56 Å². The quantitative estimate of drug-likeness (QED) is 0.464. The number of para-hydroxylation sites is 1. The number of aromatic nitrogens is 1. The standard InChI is InChI=1S/C28H30N2O4S/c1-6-18(4)34-22-11-9-8-10-21(22)16-23-26(31)30-25(20-14-12-17(3)13-15-20)24(27(32)33-7-2)19(5)29-28(30)35-23/h8-16,18,25H,6-7H2,1-5H3/b23-16-/t18-,25-/m0/s1. The SMILES string of the molecule is CCOC(=O)C1=C(C)N=c2s/c(=C\c3ccccc3O[C@@H](C)CC)c(=O)n2[C@H]1c1ccc(C)cc1. The van der Waals surface area contributed by atoms with Gasteiger partial charge in [-0.15, -0.1) is 0 Å². The largest absolute Gasteiger partial charge is 0.490 e. The summed E-state index contributed by atoms with van der Waals surface area (Å²) in [6.45, 7) is 9.89. The van der Waals surface area contributed by atoms with Gasteiger partial charge in [0.25, 0.3) is 5.56 Å². The molecule has 0 radical (unpaired) electrons. The zero-order valence-corrected chi connectivity index (χ0v) is 21.5. The van der Waals surface area contributed by atoms with Crippen molar-refractivity contribution in [1.82, 2.24) is 4.57 Å². The van der Waals surface area contributed by atoms with Crippen LogP contribution in [0.15, 0.2) is 69.6 Å². The second kappa shape index (κ2) is 10.4. The van der Waals surface area contributed by atoms with Gasteiger partial charge >= 0.3 is 5.97 Å². The van der Waals surface area contributed by atoms with Gasteiger partial charge in [0.2, 0.25) is 0 Å². The Bertz CT molecular complexity index is 1450. The molecule has 1 aliphatic heterocycles. The highest BCUT2D eigenvalue weighted by Gasteiger charge is 2.33. The smallest absolute Gasteiger partial charge is 0.338 e. The number of carbonyl (C=O) groups is 1. The maximum atomic E-state index is 13.8. The fourth-order valence-electron chi connectivity index (χ4n) is 4.00. The van der Waals surface area contributed by atoms with Gasteiger partial charge in [0.05, 0.1) is 34.6 Å². The summed E-state index contributed by atoms with van der Waals surface area (Å²) < 4.78 is 13.6. The monoisotopic (exact) mass is 490 g/mol. The van der Waals surface area contributed by atoms with E-state index in [1.54, 1.807) is 18.4 Å². The fraction of sp³-hybridized carbons (Fsp3) is 0.321. The van der Waals surface area contributed by atoms with Crippen molar-refractivity contribution in [1.29, 1.82) is 0 Å². The van der Waals surface area contributed by atoms with E-state index in [-0.39, 0.29) is 18.3 Å². The third-order valence-corrected chi connectivity index (χ3v) is 7.00. The molecule has 6 nitrogen and oxygen atoms in total. The van der Waals surface area contributed by atoms with Crippen molar-refractivity contribution in [3.8, 4) is 5.75 Å². The Balaban J connectivity index is 1.91. The topological polar surface area (TPSA) is 69.9 Å². The third-order valence-electron chi connectivity index (χ3n) is 6.02. The minimum absolute atomic E-state index is 0.0575. The maximum absolute atomic E-state index is 13.8. The Morgan fingerprint density at radius 2 is 1.86 bits per heavy atom. The Morgan fingerprint density at radius 3 is 2.54 bits per heavy atom. The third kappa shape index (κ3) is 5.00. The van der Waals surface area contributed by atoms with Crippen molar-refractivity contribution in [2.24, 2.45) is 4.99 Å². The predicted octanol–water partition coefficient (Wildman–Crippen LogP) is 4.28. The van der Waals surface area contributed by atoms with Gasteiger partial charge in [0.1, 0.15) is 5.75 Å². The number of ether oxygens (including phenoxy) is 2. The van der Waals surface area contributed by atoms with Crippen LogP contribution in [0.2, 0.25) is 0 Å². The first kappa shape index (κ1) is 24.7. The molecule has 182 valence electrons. The molecule has 0 amide bonds. The average molecular weight is 491 g/mol. The fourth-order valence-corrected chi connectivity index (χ4v) is 5.04. The van der Waals surface area contributed by atoms with Crippen LogP contribution in [0.3, 0.4) is 0 Å². The summed E-state index contributed by atoms with van der Waals surface area (Å²) in [7, 11) is 0. The van der Waals surface area contributed by atoms with Crippen LogP contribution in [0.5, 0.6) is 5.75 Å². The molecular weight excluding hydrogens is 460 g/mol. The van der Waals surface area contributed by atoms with Gasteiger partial charge in [-0.1, -0.05) is 66.3 Å². The van der Waals surface area contributed by atoms with Crippen molar-refractivity contribution >= 4 is 23.4 Å². The molecule has 0 bridgehead atoms. The molecule has 0 N–H and O–H groups in total. The molecule has 2 atom stereocenters. The van der Waals surface area contributed by atoms with Crippen molar-refractivity contribution < 1.29 is 14.3 Å². The van der Waals surface area contributed by atoms with Crippen LogP contribution in [0.25, 0.3) is 6.08 Å². The van der Waals surface area contributed by atoms with Crippen LogP contribution >= 0.6 is 11.3 Å². The number of benzene rings is 2. The molecule has 1 aromatic heterocycles. The van der Waals surface area contributed by atoms with Crippen LogP contribution in [-0.4, -0.2) is 23.2 Å². The van der Waals surface area contributed by atoms with Gasteiger partial charge in [-0.2, -0.15) is 0 Å². The summed E-state index contributed by atoms with van der Waals surface area (Å²) >= 11 is 1.31. The maximum Gasteiger partial charge on any atom is 0.338 e. The number of carbonyl (C=O) groups excluding carboxylic acids is 1. The summed E-state index contributed by atoms with van der Waals surface area (Å²) in [5, 5.41) is 0. The molecule has 0 aliphatic carbocycles. The van der Waals surface area contributed by atoms with E-state index < -0.39 is 12.0 Å². The molecule has 0 saturated heterocycles. The lowest BCUT2D eigenvalue weighted by atomic mass is 9.95. The van der Waals surface area contributed by atoms with Gasteiger partial charge < -0.3 is 9.47 Å². The highest BCUT2D eigenvalue weighted by molar-refractivity contribution is 7.07. The van der Waals surface area contributed by atoms with Gasteiger partial charge in [-0.3, -0.25) is 9.36 Å². The molecule has 4 rings (SSSR count). The van der Waals surface area contributed by atoms with Crippen LogP contribution in [-0.2, 0) is 9.53 Å². The van der Waals surface area contributed by atoms with E-state index in [1.807, 2.05) is 68.5 Å². The number of fused-ring (bicyclic) bond motifs is 1. The lowest BCUT2D eigenvalue weighted by molar-refractivity contribution is -0.139. The first-order chi connectivity index (χ1) is 16.8. The number of rotatable bonds is 7. The number of aryl methyl sites for hydroxylation is 1. The number of esters is 1. The second-order valence-electron chi connectivity index (χ2n) is 8.59. The summed E-state index contributed by atoms with van der Waals surface area (Å²) in [6, 6.07) is 14.9. The van der Waals surface area contributed by atoms with Crippen molar-refractivity contribution in [3.63, 3.8) is 0 Å². The van der Waals surface area contributed by atoms with Crippen LogP contribution in [0, 0.1) is 6.92 Å². The number of hydrogen-bond acceptors (Lipinski definition) is 6. The second-order valence-corrected chi connectivity index (χ2v) is 9.60. The van der Waals surface area contributed by atoms with E-state index in [2.05, 4.69) is 11.9 Å². The Kier molecular flexibility index (Phi) is 7.36. The molecule has 0 fully saturated rings. The zero-order valence-electron chi connectivity index (χ0n) is 20.7. The summed E-state index contributed by atoms with van der Waals surface area (Å²) in [6.07, 6.45) is 2.78. The average Bonchev–Trinajstić information content (AvgIpc) is 3.14. The molecule has 3 aromatic rings. The summed E-state index contributed by atoms with van der Waals surface area (Å²) in [5.41, 5.74) is 3.49. The lowest BCUT2D eigenvalue weighted by Crippen LogP contribution is -2.39. The van der Waals surface area contributed by atoms with E-state index >= 15 is 0 Å². The van der Waals surface area contributed by atoms with Crippen molar-refractivity contribution in [2.75, 3.05) is 6.61 Å². The minimum Gasteiger partial charge on any atom is -0.490 e. The number of nitrogens with zero attached hydrogens (tertiary/aromatic N) is 2. The molecule has 0 unspecified atom stereocenters. The Hall–Kier alpha value is -3.45. The zero-order chi connectivity index (χ0) is 25.1. The molecule has 35 heavy (non-hydrogen) atoms. The van der Waals surface area contributed by atoms with Crippen molar-refractivity contribution in [2.45, 2.75) is 53.2 Å². The predicted molar refractivity (Wildman–Crippen MR) is 138 cm³/mol. The van der Waals surface area contributed by atoms with E-state index in [0.717, 1.165) is 28.9 Å². The van der Waals surface area contributed by atoms with Crippen LogP contribution in [0.1, 0.15) is 56.8 Å². The Morgan fingerprint density at radius 1 is 1.14 bits per heavy atom. The van der Waals surface area contributed by atoms with Gasteiger partial charge in [0.15, 0.2) is 4.80 Å². The molecule has 0 spiro atoms. The van der Waals surface area contributed by atoms with Crippen LogP contribution in [0.4, 0.5) is 0 Å². The lowest BCUT2D eigenvalue weighted by Gasteiger charge is -2.24. The molecule has 7 heteroatoms. The van der Waals surface area contributed by atoms with E-state index in [4.69, 9.17) is 9.47 Å². The highest BCUT2D eigenvalue weighted by Crippen LogP contribution is 2.31. The Labute approximate surface area is 208 Å². The van der Waals surface area contributed by atoms with E-state index in [1.165, 1.54) is 11.3 Å². The number of hydrogen-bond donors (Lipinski definition) is 0. The normalized spacial score (nSPS) is 16.5. The molecule has 0 saturated carbocycles. The van der Waals surface area contributed by atoms with Gasteiger partial charge in [-0.25, -0.2) is 9.79 Å². The van der Waals surface area contributed by atoms with E-state index in [9.17, 15) is 9.59 Å². The molecule has 1 aliphatic rings. The van der Waals surface area contributed by atoms with Crippen LogP contribution < -0.4 is 19.6 Å². The van der Waals surface area contributed by atoms with E-state index in [0.29, 0.717) is 20.6 Å². The first-order valence-electron chi connectivity index (χ1n) is 11.9. The molecular formula is C28H30N2O4S. The van der Waals surface area contributed by atoms with Gasteiger partial charge in [-0.05, 0) is 51.8 Å². The van der Waals surface area contributed by atoms with Crippen molar-refractivity contribution in [3.05, 3.63) is 96.2 Å². The summed E-state index contributed by atoms with van der Waals surface area (Å²) in [5.74, 6) is 0.270. The molecule has 2 heterocycles. The number of allylic oxidation sites excluding steroid dienone is 1.